The van der Waals surface area contributed by atoms with Gasteiger partial charge in [-0.25, -0.2) is 14.4 Å². The van der Waals surface area contributed by atoms with Crippen LogP contribution < -0.4 is 0 Å². The fourth-order valence-corrected chi connectivity index (χ4v) is 12.3. The Bertz CT molecular complexity index is 1640. The summed E-state index contributed by atoms with van der Waals surface area (Å²) in [6, 6.07) is 0. The zero-order chi connectivity index (χ0) is 40.4. The molecule has 5 rings (SSSR count). The summed E-state index contributed by atoms with van der Waals surface area (Å²) in [7, 11) is 0. The fraction of sp³-hybridized carbons (Fsp3) is 0.756. The molecule has 5 aliphatic rings. The maximum atomic E-state index is 13.2. The van der Waals surface area contributed by atoms with E-state index in [1.165, 1.54) is 5.57 Å². The highest BCUT2D eigenvalue weighted by Crippen LogP contribution is 2.76. The maximum Gasteiger partial charge on any atom is 0.333 e. The first-order chi connectivity index (χ1) is 25.0. The molecular formula is C45H68O9. The van der Waals surface area contributed by atoms with E-state index in [2.05, 4.69) is 33.8 Å². The van der Waals surface area contributed by atoms with Gasteiger partial charge >= 0.3 is 17.9 Å². The van der Waals surface area contributed by atoms with Crippen molar-refractivity contribution in [2.24, 2.45) is 50.2 Å². The normalized spacial score (nSPS) is 43.4. The van der Waals surface area contributed by atoms with Gasteiger partial charge in [-0.05, 0) is 126 Å². The summed E-state index contributed by atoms with van der Waals surface area (Å²) in [5.74, 6) is -1.27. The minimum Gasteiger partial charge on any atom is -0.462 e. The van der Waals surface area contributed by atoms with E-state index in [0.717, 1.165) is 25.7 Å². The monoisotopic (exact) mass is 752 g/mol. The molecule has 0 saturated heterocycles. The fourth-order valence-electron chi connectivity index (χ4n) is 12.3. The third kappa shape index (κ3) is 6.27. The number of rotatable bonds is 8. The highest BCUT2D eigenvalue weighted by Gasteiger charge is 2.73. The molecule has 5 aliphatic carbocycles. The van der Waals surface area contributed by atoms with Crippen LogP contribution in [0.4, 0.5) is 0 Å². The summed E-state index contributed by atoms with van der Waals surface area (Å²) in [5.41, 5.74) is -0.784. The molecule has 12 atom stereocenters. The van der Waals surface area contributed by atoms with Gasteiger partial charge in [-0.3, -0.25) is 0 Å². The molecule has 0 aromatic carbocycles. The molecule has 9 nitrogen and oxygen atoms in total. The summed E-state index contributed by atoms with van der Waals surface area (Å²) in [6.07, 6.45) is 8.44. The van der Waals surface area contributed by atoms with Crippen molar-refractivity contribution in [1.82, 2.24) is 0 Å². The molecule has 3 unspecified atom stereocenters. The molecular weight excluding hydrogens is 684 g/mol. The van der Waals surface area contributed by atoms with E-state index in [0.29, 0.717) is 36.0 Å². The van der Waals surface area contributed by atoms with Gasteiger partial charge < -0.3 is 29.5 Å². The third-order valence-electron chi connectivity index (χ3n) is 16.4. The molecule has 3 N–H and O–H groups in total. The maximum absolute atomic E-state index is 13.2. The predicted octanol–water partition coefficient (Wildman–Crippen LogP) is 7.58. The number of allylic oxidation sites excluding steroid dienone is 5. The molecule has 0 bridgehead atoms. The van der Waals surface area contributed by atoms with Crippen molar-refractivity contribution in [1.29, 1.82) is 0 Å². The molecule has 4 fully saturated rings. The Morgan fingerprint density at radius 3 is 1.87 bits per heavy atom. The second-order valence-corrected chi connectivity index (χ2v) is 19.3. The Kier molecular flexibility index (Phi) is 11.5. The predicted molar refractivity (Wildman–Crippen MR) is 208 cm³/mol. The lowest BCUT2D eigenvalue weighted by Crippen LogP contribution is -2.72. The van der Waals surface area contributed by atoms with Crippen molar-refractivity contribution in [2.75, 3.05) is 13.2 Å². The number of hydrogen-bond acceptors (Lipinski definition) is 9. The number of aliphatic hydroxyl groups is 3. The molecule has 9 heteroatoms. The third-order valence-corrected chi connectivity index (χ3v) is 16.4. The Hall–Kier alpha value is -2.75. The SMILES string of the molecule is C/C=C(/C)C(=O)OC[C@@]12C(CC(C)(C)[C@@H](O)[C@@H]1O)C1=CCC3[C@@]4(C)CC[C@H](OC(=O)/C(C)=C\C)[C@](C)(COC(=O)/C(C)=C\C)C4CC[C@@]3(C)[C@]1(C)C[C@H]2O. The number of hydrogen-bond donors (Lipinski definition) is 3. The van der Waals surface area contributed by atoms with Gasteiger partial charge in [-0.15, -0.1) is 0 Å². The van der Waals surface area contributed by atoms with Crippen molar-refractivity contribution in [2.45, 2.75) is 152 Å². The van der Waals surface area contributed by atoms with Crippen LogP contribution in [0.25, 0.3) is 0 Å². The number of fused-ring (bicyclic) bond motifs is 7. The van der Waals surface area contributed by atoms with Gasteiger partial charge in [-0.2, -0.15) is 0 Å². The van der Waals surface area contributed by atoms with Crippen LogP contribution >= 0.6 is 0 Å². The van der Waals surface area contributed by atoms with Gasteiger partial charge in [0.2, 0.25) is 0 Å². The lowest BCUT2D eigenvalue weighted by Gasteiger charge is -2.72. The minimum atomic E-state index is -1.30. The van der Waals surface area contributed by atoms with E-state index in [4.69, 9.17) is 14.2 Å². The number of aliphatic hydroxyl groups excluding tert-OH is 3. The van der Waals surface area contributed by atoms with Gasteiger partial charge in [0.1, 0.15) is 19.3 Å². The molecule has 0 aromatic heterocycles. The van der Waals surface area contributed by atoms with Crippen LogP contribution in [0.15, 0.2) is 46.6 Å². The summed E-state index contributed by atoms with van der Waals surface area (Å²) in [5, 5.41) is 36.0. The molecule has 0 radical (unpaired) electrons. The van der Waals surface area contributed by atoms with E-state index in [1.807, 2.05) is 27.7 Å². The second-order valence-electron chi connectivity index (χ2n) is 19.3. The molecule has 0 aliphatic heterocycles. The van der Waals surface area contributed by atoms with Crippen LogP contribution in [-0.2, 0) is 28.6 Å². The molecule has 302 valence electrons. The van der Waals surface area contributed by atoms with E-state index in [1.54, 1.807) is 45.9 Å². The largest absolute Gasteiger partial charge is 0.462 e. The summed E-state index contributed by atoms with van der Waals surface area (Å²) in [4.78, 5) is 39.3. The number of carbonyl (C=O) groups is 3. The van der Waals surface area contributed by atoms with Crippen molar-refractivity contribution in [3.05, 3.63) is 46.6 Å². The van der Waals surface area contributed by atoms with Crippen molar-refractivity contribution >= 4 is 17.9 Å². The van der Waals surface area contributed by atoms with Crippen molar-refractivity contribution in [3.63, 3.8) is 0 Å². The molecule has 0 amide bonds. The van der Waals surface area contributed by atoms with E-state index >= 15 is 0 Å². The summed E-state index contributed by atoms with van der Waals surface area (Å²) < 4.78 is 18.2. The molecule has 0 aromatic rings. The molecule has 0 spiro atoms. The average molecular weight is 753 g/mol. The van der Waals surface area contributed by atoms with E-state index in [9.17, 15) is 29.7 Å². The Balaban J connectivity index is 1.58. The zero-order valence-corrected chi connectivity index (χ0v) is 35.0. The van der Waals surface area contributed by atoms with Crippen LogP contribution in [0.1, 0.15) is 128 Å². The lowest BCUT2D eigenvalue weighted by molar-refractivity contribution is -0.261. The first kappa shape index (κ1) is 42.4. The van der Waals surface area contributed by atoms with Gasteiger partial charge in [0.05, 0.1) is 23.7 Å². The highest BCUT2D eigenvalue weighted by molar-refractivity contribution is 5.88. The first-order valence-electron chi connectivity index (χ1n) is 20.2. The Morgan fingerprint density at radius 2 is 1.30 bits per heavy atom. The summed E-state index contributed by atoms with van der Waals surface area (Å²) >= 11 is 0. The van der Waals surface area contributed by atoms with E-state index < -0.39 is 52.0 Å². The van der Waals surface area contributed by atoms with Gasteiger partial charge in [0.15, 0.2) is 0 Å². The Labute approximate surface area is 323 Å². The van der Waals surface area contributed by atoms with Crippen molar-refractivity contribution in [3.8, 4) is 0 Å². The Morgan fingerprint density at radius 1 is 0.741 bits per heavy atom. The standard InChI is InChI=1S/C45H68O9/c1-13-26(4)37(49)52-24-42(10)31-18-21-43(11)32(41(31,9)20-19-34(42)54-39(51)28(6)15-3)17-16-29-30-22-40(7,8)35(47)36(48)45(30,33(46)23-44(29,43)12)25-53-38(50)27(5)14-2/h13-16,30-36,46-48H,17-25H2,1-12H3/b26-13-,27-14-,28-15-/t30?,31?,32?,33-,34+,35+,36+,41+,42-,43-,44-,45+/m1/s1. The average Bonchev–Trinajstić information content (AvgIpc) is 3.12. The first-order valence-corrected chi connectivity index (χ1v) is 20.2. The smallest absolute Gasteiger partial charge is 0.333 e. The van der Waals surface area contributed by atoms with Gasteiger partial charge in [0, 0.05) is 22.1 Å². The number of ether oxygens (including phenoxy) is 3. The van der Waals surface area contributed by atoms with Crippen LogP contribution in [0.3, 0.4) is 0 Å². The van der Waals surface area contributed by atoms with Crippen LogP contribution in [0, 0.1) is 50.2 Å². The van der Waals surface area contributed by atoms with Crippen LogP contribution in [0.5, 0.6) is 0 Å². The van der Waals surface area contributed by atoms with Crippen LogP contribution in [0.2, 0.25) is 0 Å². The van der Waals surface area contributed by atoms with Crippen molar-refractivity contribution < 1.29 is 43.9 Å². The molecule has 54 heavy (non-hydrogen) atoms. The minimum absolute atomic E-state index is 0.0743. The molecule has 4 saturated carbocycles. The number of carbonyl (C=O) groups excluding carboxylic acids is 3. The molecule has 0 heterocycles. The van der Waals surface area contributed by atoms with Gasteiger partial charge in [0.25, 0.3) is 0 Å². The lowest BCUT2D eigenvalue weighted by atomic mass is 9.33. The summed E-state index contributed by atoms with van der Waals surface area (Å²) in [6.45, 7) is 23.7. The quantitative estimate of drug-likeness (QED) is 0.0991. The number of esters is 3. The zero-order valence-electron chi connectivity index (χ0n) is 35.0. The highest BCUT2D eigenvalue weighted by atomic mass is 16.6. The van der Waals surface area contributed by atoms with E-state index in [-0.39, 0.29) is 53.7 Å². The van der Waals surface area contributed by atoms with Crippen LogP contribution in [-0.4, -0.2) is 70.9 Å². The van der Waals surface area contributed by atoms with Gasteiger partial charge in [-0.1, -0.05) is 71.4 Å². The second kappa shape index (κ2) is 14.6. The topological polar surface area (TPSA) is 140 Å².